The Kier molecular flexibility index (Phi) is 6.79. The quantitative estimate of drug-likeness (QED) is 0.368. The molecule has 0 radical (unpaired) electrons. The van der Waals surface area contributed by atoms with Gasteiger partial charge in [0, 0.05) is 57.2 Å². The molecule has 0 unspecified atom stereocenters. The molecule has 2 amide bonds. The summed E-state index contributed by atoms with van der Waals surface area (Å²) in [6, 6.07) is -0.0998. The van der Waals surface area contributed by atoms with E-state index in [1.165, 1.54) is 15.2 Å². The lowest BCUT2D eigenvalue weighted by molar-refractivity contribution is -0.686. The van der Waals surface area contributed by atoms with Crippen LogP contribution in [-0.4, -0.2) is 80.5 Å². The van der Waals surface area contributed by atoms with Gasteiger partial charge in [0.05, 0.1) is 17.8 Å². The molecule has 3 aliphatic rings. The number of carbonyl (C=O) groups is 2. The Hall–Kier alpha value is -3.28. The summed E-state index contributed by atoms with van der Waals surface area (Å²) in [6.07, 6.45) is 4.50. The largest absolute Gasteiger partial charge is 0.477 e. The third-order valence-electron chi connectivity index (χ3n) is 7.58. The lowest BCUT2D eigenvalue weighted by Gasteiger charge is -2.46. The second kappa shape index (κ2) is 9.79. The highest BCUT2D eigenvalue weighted by Crippen LogP contribution is 2.40. The number of aromatic nitrogens is 3. The summed E-state index contributed by atoms with van der Waals surface area (Å²) >= 11 is 0. The minimum absolute atomic E-state index is 0.0203. The van der Waals surface area contributed by atoms with Crippen LogP contribution in [0.25, 0.3) is 11.7 Å². The molecule has 0 bridgehead atoms. The highest BCUT2D eigenvalue weighted by atomic mass is 19.3. The third kappa shape index (κ3) is 5.05. The molecule has 0 aromatic carbocycles. The van der Waals surface area contributed by atoms with Crippen molar-refractivity contribution in [2.24, 2.45) is 5.92 Å². The number of fused-ring (bicyclic) bond motifs is 1. The van der Waals surface area contributed by atoms with Gasteiger partial charge in [0.15, 0.2) is 0 Å². The molecule has 0 atom stereocenters. The SMILES string of the molecule is Cc1[nH]n2c(=O)c(C(=O)NC3CC3)c(O)[n+](CC(C)C)c2c1/C=C/C(=O)N1CCN(C2CC(F)(F)C2)CC1. The minimum Gasteiger partial charge on any atom is -0.477 e. The molecular weight excluding hydrogens is 498 g/mol. The van der Waals surface area contributed by atoms with Crippen molar-refractivity contribution in [2.45, 2.75) is 71.0 Å². The predicted octanol–water partition coefficient (Wildman–Crippen LogP) is 1.43. The summed E-state index contributed by atoms with van der Waals surface area (Å²) in [5, 5.41) is 16.8. The van der Waals surface area contributed by atoms with E-state index < -0.39 is 23.3 Å². The van der Waals surface area contributed by atoms with Crippen LogP contribution in [0.3, 0.4) is 0 Å². The molecule has 5 rings (SSSR count). The van der Waals surface area contributed by atoms with Crippen molar-refractivity contribution in [3.8, 4) is 5.88 Å². The number of rotatable bonds is 7. The molecule has 3 fully saturated rings. The van der Waals surface area contributed by atoms with Crippen molar-refractivity contribution in [1.82, 2.24) is 24.7 Å². The average Bonchev–Trinajstić information content (AvgIpc) is 3.59. The van der Waals surface area contributed by atoms with Gasteiger partial charge >= 0.3 is 17.1 Å². The smallest absolute Gasteiger partial charge is 0.378 e. The van der Waals surface area contributed by atoms with Gasteiger partial charge in [-0.25, -0.2) is 18.7 Å². The molecule has 2 aliphatic carbocycles. The molecular formula is C26H35F2N6O4+. The molecule has 3 heterocycles. The minimum atomic E-state index is -2.57. The summed E-state index contributed by atoms with van der Waals surface area (Å²) in [7, 11) is 0. The summed E-state index contributed by atoms with van der Waals surface area (Å²) in [4.78, 5) is 42.8. The van der Waals surface area contributed by atoms with Crippen molar-refractivity contribution < 1.29 is 28.0 Å². The second-order valence-corrected chi connectivity index (χ2v) is 11.2. The summed E-state index contributed by atoms with van der Waals surface area (Å²) < 4.78 is 29.2. The van der Waals surface area contributed by atoms with E-state index in [-0.39, 0.29) is 42.3 Å². The van der Waals surface area contributed by atoms with Gasteiger partial charge in [-0.3, -0.25) is 14.5 Å². The molecule has 3 N–H and O–H groups in total. The highest BCUT2D eigenvalue weighted by molar-refractivity contribution is 5.96. The van der Waals surface area contributed by atoms with E-state index in [0.717, 1.165) is 12.8 Å². The molecule has 10 nitrogen and oxygen atoms in total. The Bertz CT molecular complexity index is 1340. The number of alkyl halides is 2. The van der Waals surface area contributed by atoms with Gasteiger partial charge in [0.25, 0.3) is 11.8 Å². The first-order valence-electron chi connectivity index (χ1n) is 13.2. The molecule has 206 valence electrons. The predicted molar refractivity (Wildman–Crippen MR) is 135 cm³/mol. The second-order valence-electron chi connectivity index (χ2n) is 11.2. The van der Waals surface area contributed by atoms with E-state index in [2.05, 4.69) is 10.4 Å². The number of nitrogens with zero attached hydrogens (tertiary/aromatic N) is 4. The monoisotopic (exact) mass is 533 g/mol. The number of H-pyrrole nitrogens is 1. The van der Waals surface area contributed by atoms with Gasteiger partial charge < -0.3 is 15.3 Å². The number of halogens is 2. The van der Waals surface area contributed by atoms with Crippen molar-refractivity contribution in [3.05, 3.63) is 33.3 Å². The third-order valence-corrected chi connectivity index (χ3v) is 7.58. The van der Waals surface area contributed by atoms with Crippen LogP contribution in [0, 0.1) is 12.8 Å². The standard InChI is InChI=1S/C26H34F2N6O4/c1-15(2)14-33-23-19(6-7-20(35)32-10-8-31(9-11-32)18-12-26(27,28)13-18)16(3)30-34(23)25(38)21(24(33)37)22(36)29-17-4-5-17/h6-7,15,17-18H,4-5,8-14H2,1-3H3,(H2,29,36,37,38)/p+1/b7-6+. The van der Waals surface area contributed by atoms with E-state index in [1.807, 2.05) is 18.7 Å². The van der Waals surface area contributed by atoms with E-state index in [4.69, 9.17) is 0 Å². The number of hydrogen-bond donors (Lipinski definition) is 3. The average molecular weight is 534 g/mol. The Morgan fingerprint density at radius 3 is 2.45 bits per heavy atom. The van der Waals surface area contributed by atoms with E-state index in [1.54, 1.807) is 17.9 Å². The van der Waals surface area contributed by atoms with E-state index in [0.29, 0.717) is 49.6 Å². The van der Waals surface area contributed by atoms with Crippen molar-refractivity contribution in [3.63, 3.8) is 0 Å². The Morgan fingerprint density at radius 2 is 1.87 bits per heavy atom. The van der Waals surface area contributed by atoms with Crippen molar-refractivity contribution in [2.75, 3.05) is 26.2 Å². The number of aromatic amines is 1. The van der Waals surface area contributed by atoms with Crippen LogP contribution in [0.4, 0.5) is 8.78 Å². The lowest BCUT2D eigenvalue weighted by Crippen LogP contribution is -2.57. The van der Waals surface area contributed by atoms with Gasteiger partial charge in [-0.05, 0) is 31.8 Å². The summed E-state index contributed by atoms with van der Waals surface area (Å²) in [6.45, 7) is 8.02. The molecule has 1 aliphatic heterocycles. The molecule has 1 saturated heterocycles. The van der Waals surface area contributed by atoms with Crippen molar-refractivity contribution >= 4 is 23.5 Å². The number of nitrogens with one attached hydrogen (secondary N) is 2. The zero-order valence-corrected chi connectivity index (χ0v) is 22.0. The molecule has 0 spiro atoms. The van der Waals surface area contributed by atoms with Gasteiger partial charge in [0.1, 0.15) is 0 Å². The van der Waals surface area contributed by atoms with E-state index in [9.17, 15) is 28.3 Å². The fourth-order valence-corrected chi connectivity index (χ4v) is 5.30. The van der Waals surface area contributed by atoms with E-state index >= 15 is 0 Å². The maximum absolute atomic E-state index is 13.3. The van der Waals surface area contributed by atoms with Gasteiger partial charge in [0.2, 0.25) is 11.5 Å². The first-order chi connectivity index (χ1) is 17.9. The zero-order chi connectivity index (χ0) is 27.4. The van der Waals surface area contributed by atoms with Crippen LogP contribution in [0.1, 0.15) is 61.1 Å². The molecule has 2 saturated carbocycles. The zero-order valence-electron chi connectivity index (χ0n) is 22.0. The van der Waals surface area contributed by atoms with Crippen LogP contribution in [-0.2, 0) is 11.3 Å². The first-order valence-corrected chi connectivity index (χ1v) is 13.2. The first kappa shape index (κ1) is 26.3. The number of piperazine rings is 1. The van der Waals surface area contributed by atoms with Gasteiger partial charge in [-0.15, -0.1) is 0 Å². The normalized spacial score (nSPS) is 20.4. The van der Waals surface area contributed by atoms with Crippen molar-refractivity contribution in [1.29, 1.82) is 0 Å². The van der Waals surface area contributed by atoms with Crippen LogP contribution < -0.4 is 15.4 Å². The van der Waals surface area contributed by atoms with Gasteiger partial charge in [-0.1, -0.05) is 18.4 Å². The summed E-state index contributed by atoms with van der Waals surface area (Å²) in [5.74, 6) is -3.70. The molecule has 12 heteroatoms. The van der Waals surface area contributed by atoms with Gasteiger partial charge in [-0.2, -0.15) is 4.57 Å². The molecule has 2 aromatic heterocycles. The van der Waals surface area contributed by atoms with Crippen LogP contribution >= 0.6 is 0 Å². The highest BCUT2D eigenvalue weighted by Gasteiger charge is 2.48. The summed E-state index contributed by atoms with van der Waals surface area (Å²) in [5.41, 5.74) is 0.531. The Labute approximate surface area is 218 Å². The number of aryl methyl sites for hydroxylation is 1. The fourth-order valence-electron chi connectivity index (χ4n) is 5.30. The maximum Gasteiger partial charge on any atom is 0.378 e. The molecule has 2 aromatic rings. The lowest BCUT2D eigenvalue weighted by atomic mass is 9.86. The maximum atomic E-state index is 13.3. The molecule has 38 heavy (non-hydrogen) atoms. The Morgan fingerprint density at radius 1 is 1.21 bits per heavy atom. The number of carbonyl (C=O) groups excluding carboxylic acids is 2. The Balaban J connectivity index is 1.40. The number of aromatic hydroxyl groups is 1. The number of amides is 2. The topological polar surface area (TPSA) is 114 Å². The van der Waals surface area contributed by atoms with Crippen LogP contribution in [0.15, 0.2) is 10.9 Å². The fraction of sp³-hybridized carbons (Fsp3) is 0.615. The van der Waals surface area contributed by atoms with Crippen LogP contribution in [0.5, 0.6) is 5.88 Å². The number of hydrogen-bond acceptors (Lipinski definition) is 5. The van der Waals surface area contributed by atoms with Crippen LogP contribution in [0.2, 0.25) is 0 Å².